The second-order valence-corrected chi connectivity index (χ2v) is 7.01. The van der Waals surface area contributed by atoms with Gasteiger partial charge in [-0.05, 0) is 24.1 Å². The highest BCUT2D eigenvalue weighted by Gasteiger charge is 2.29. The molecule has 1 aliphatic rings. The van der Waals surface area contributed by atoms with Crippen LogP contribution in [0.1, 0.15) is 35.3 Å². The maximum atomic E-state index is 13.3. The second-order valence-electron chi connectivity index (χ2n) is 7.01. The van der Waals surface area contributed by atoms with Crippen molar-refractivity contribution >= 4 is 16.9 Å². The van der Waals surface area contributed by atoms with Crippen LogP contribution in [0.15, 0.2) is 46.4 Å². The number of nitrogens with zero attached hydrogens (tertiary/aromatic N) is 4. The van der Waals surface area contributed by atoms with Crippen molar-refractivity contribution in [1.29, 1.82) is 0 Å². The van der Waals surface area contributed by atoms with Gasteiger partial charge in [-0.2, -0.15) is 0 Å². The second kappa shape index (κ2) is 7.96. The van der Waals surface area contributed by atoms with E-state index in [9.17, 15) is 14.4 Å². The first-order valence-electron chi connectivity index (χ1n) is 9.64. The molecule has 1 unspecified atom stereocenters. The minimum absolute atomic E-state index is 0.159. The van der Waals surface area contributed by atoms with Gasteiger partial charge < -0.3 is 10.2 Å². The van der Waals surface area contributed by atoms with Crippen molar-refractivity contribution in [3.8, 4) is 0 Å². The number of carbonyl (C=O) groups is 1. The van der Waals surface area contributed by atoms with Crippen LogP contribution >= 0.6 is 0 Å². The molecule has 1 saturated heterocycles. The van der Waals surface area contributed by atoms with Crippen molar-refractivity contribution in [3.63, 3.8) is 0 Å². The number of H-pyrrole nitrogens is 1. The molecular weight excluding hydrogens is 372 g/mol. The average molecular weight is 394 g/mol. The zero-order chi connectivity index (χ0) is 20.4. The summed E-state index contributed by atoms with van der Waals surface area (Å²) in [6.07, 6.45) is 5.61. The molecule has 2 N–H and O–H groups in total. The first-order valence-corrected chi connectivity index (χ1v) is 9.64. The lowest BCUT2D eigenvalue weighted by Gasteiger charge is -2.36. The van der Waals surface area contributed by atoms with Crippen molar-refractivity contribution in [1.82, 2.24) is 29.7 Å². The van der Waals surface area contributed by atoms with Gasteiger partial charge >= 0.3 is 5.69 Å². The summed E-state index contributed by atoms with van der Waals surface area (Å²) < 4.78 is 1.42. The van der Waals surface area contributed by atoms with E-state index in [1.54, 1.807) is 17.3 Å². The van der Waals surface area contributed by atoms with Gasteiger partial charge in [0.15, 0.2) is 0 Å². The molecule has 3 aromatic heterocycles. The maximum Gasteiger partial charge on any atom is 0.329 e. The van der Waals surface area contributed by atoms with E-state index in [0.29, 0.717) is 37.4 Å². The van der Waals surface area contributed by atoms with Crippen LogP contribution in [0.4, 0.5) is 0 Å². The summed E-state index contributed by atoms with van der Waals surface area (Å²) in [6, 6.07) is 5.15. The zero-order valence-corrected chi connectivity index (χ0v) is 16.1. The van der Waals surface area contributed by atoms with Crippen molar-refractivity contribution in [2.45, 2.75) is 25.9 Å². The topological polar surface area (TPSA) is 113 Å². The Balaban J connectivity index is 1.74. The highest BCUT2D eigenvalue weighted by Crippen LogP contribution is 2.24. The van der Waals surface area contributed by atoms with Crippen molar-refractivity contribution < 1.29 is 4.79 Å². The van der Waals surface area contributed by atoms with Gasteiger partial charge in [-0.25, -0.2) is 9.78 Å². The first kappa shape index (κ1) is 19.0. The summed E-state index contributed by atoms with van der Waals surface area (Å²) >= 11 is 0. The van der Waals surface area contributed by atoms with Gasteiger partial charge in [0.2, 0.25) is 0 Å². The number of hydrogen-bond acceptors (Lipinski definition) is 6. The van der Waals surface area contributed by atoms with Gasteiger partial charge in [0.25, 0.3) is 11.5 Å². The van der Waals surface area contributed by atoms with E-state index in [0.717, 1.165) is 12.0 Å². The fourth-order valence-electron chi connectivity index (χ4n) is 3.70. The molecule has 3 aromatic rings. The molecule has 0 aromatic carbocycles. The van der Waals surface area contributed by atoms with Gasteiger partial charge in [0, 0.05) is 44.8 Å². The van der Waals surface area contributed by atoms with Crippen molar-refractivity contribution in [2.24, 2.45) is 0 Å². The third kappa shape index (κ3) is 3.56. The Morgan fingerprint density at radius 2 is 2.17 bits per heavy atom. The van der Waals surface area contributed by atoms with E-state index in [4.69, 9.17) is 0 Å². The number of rotatable bonds is 4. The summed E-state index contributed by atoms with van der Waals surface area (Å²) in [6.45, 7) is 4.20. The lowest BCUT2D eigenvalue weighted by atomic mass is 10.0. The zero-order valence-electron chi connectivity index (χ0n) is 16.1. The number of carbonyl (C=O) groups excluding carboxylic acids is 1. The molecule has 9 heteroatoms. The number of aromatic nitrogens is 4. The largest absolute Gasteiger partial charge is 0.329 e. The van der Waals surface area contributed by atoms with Crippen LogP contribution in [0.25, 0.3) is 11.0 Å². The fourth-order valence-corrected chi connectivity index (χ4v) is 3.70. The molecule has 4 heterocycles. The van der Waals surface area contributed by atoms with Gasteiger partial charge in [-0.1, -0.05) is 13.0 Å². The van der Waals surface area contributed by atoms with E-state index in [2.05, 4.69) is 20.3 Å². The predicted octanol–water partition coefficient (Wildman–Crippen LogP) is 0.677. The Hall–Kier alpha value is -3.33. The molecule has 1 atom stereocenters. The quantitative estimate of drug-likeness (QED) is 0.673. The minimum atomic E-state index is -0.538. The number of aromatic amines is 1. The molecule has 4 rings (SSSR count). The number of amides is 1. The van der Waals surface area contributed by atoms with E-state index in [1.807, 2.05) is 19.1 Å². The van der Waals surface area contributed by atoms with Crippen molar-refractivity contribution in [2.75, 3.05) is 19.6 Å². The summed E-state index contributed by atoms with van der Waals surface area (Å²) in [4.78, 5) is 50.3. The van der Waals surface area contributed by atoms with E-state index in [-0.39, 0.29) is 17.3 Å². The molecule has 29 heavy (non-hydrogen) atoms. The Bertz CT molecular complexity index is 1150. The molecule has 1 aliphatic heterocycles. The molecule has 0 radical (unpaired) electrons. The summed E-state index contributed by atoms with van der Waals surface area (Å²) in [5.74, 6) is -0.206. The van der Waals surface area contributed by atoms with Gasteiger partial charge in [0.1, 0.15) is 5.65 Å². The Morgan fingerprint density at radius 1 is 1.31 bits per heavy atom. The first-order chi connectivity index (χ1) is 14.1. The third-order valence-corrected chi connectivity index (χ3v) is 5.10. The van der Waals surface area contributed by atoms with Crippen LogP contribution in [0, 0.1) is 0 Å². The lowest BCUT2D eigenvalue weighted by Crippen LogP contribution is -2.48. The smallest absolute Gasteiger partial charge is 0.329 e. The Morgan fingerprint density at radius 3 is 2.93 bits per heavy atom. The highest BCUT2D eigenvalue weighted by atomic mass is 16.2. The molecule has 1 fully saturated rings. The predicted molar refractivity (Wildman–Crippen MR) is 108 cm³/mol. The number of aryl methyl sites for hydroxylation is 1. The van der Waals surface area contributed by atoms with Gasteiger partial charge in [0.05, 0.1) is 17.0 Å². The van der Waals surface area contributed by atoms with Crippen LogP contribution in [0.5, 0.6) is 0 Å². The number of piperazine rings is 1. The van der Waals surface area contributed by atoms with Gasteiger partial charge in [-0.15, -0.1) is 0 Å². The van der Waals surface area contributed by atoms with Gasteiger partial charge in [-0.3, -0.25) is 24.1 Å². The molecule has 0 bridgehead atoms. The standard InChI is InChI=1S/C20H22N6O3/c1-2-7-26-17-15(18(27)24-20(26)29)9-14(11-23-17)19(28)25-8-6-22-12-16(25)13-4-3-5-21-10-13/h3-5,9-11,16,22H,2,6-8,12H2,1H3,(H,24,27,29). The average Bonchev–Trinajstić information content (AvgIpc) is 2.76. The molecule has 0 saturated carbocycles. The third-order valence-electron chi connectivity index (χ3n) is 5.10. The van der Waals surface area contributed by atoms with Crippen LogP contribution in [0.3, 0.4) is 0 Å². The summed E-state index contributed by atoms with van der Waals surface area (Å²) in [7, 11) is 0. The van der Waals surface area contributed by atoms with E-state index < -0.39 is 11.2 Å². The SMILES string of the molecule is CCCn1c(=O)[nH]c(=O)c2cc(C(=O)N3CCNCC3c3cccnc3)cnc21. The number of nitrogens with one attached hydrogen (secondary N) is 2. The van der Waals surface area contributed by atoms with Crippen LogP contribution in [-0.2, 0) is 6.54 Å². The molecule has 1 amide bonds. The van der Waals surface area contributed by atoms with Crippen LogP contribution in [-0.4, -0.2) is 50.0 Å². The fraction of sp³-hybridized carbons (Fsp3) is 0.350. The van der Waals surface area contributed by atoms with Crippen LogP contribution < -0.4 is 16.6 Å². The number of pyridine rings is 2. The normalized spacial score (nSPS) is 16.9. The molecule has 9 nitrogen and oxygen atoms in total. The lowest BCUT2D eigenvalue weighted by molar-refractivity contribution is 0.0633. The summed E-state index contributed by atoms with van der Waals surface area (Å²) in [5, 5.41) is 3.54. The Labute approximate surface area is 166 Å². The molecular formula is C20H22N6O3. The number of fused-ring (bicyclic) bond motifs is 1. The van der Waals surface area contributed by atoms with Crippen LogP contribution in [0.2, 0.25) is 0 Å². The summed E-state index contributed by atoms with van der Waals surface area (Å²) in [5.41, 5.74) is 0.525. The van der Waals surface area contributed by atoms with E-state index >= 15 is 0 Å². The van der Waals surface area contributed by atoms with E-state index in [1.165, 1.54) is 16.8 Å². The number of hydrogen-bond donors (Lipinski definition) is 2. The molecule has 0 aliphatic carbocycles. The maximum absolute atomic E-state index is 13.3. The molecule has 0 spiro atoms. The van der Waals surface area contributed by atoms with Crippen molar-refractivity contribution in [3.05, 3.63) is 68.8 Å². The Kier molecular flexibility index (Phi) is 5.22. The highest BCUT2D eigenvalue weighted by molar-refractivity contribution is 5.97. The molecule has 150 valence electrons. The minimum Gasteiger partial charge on any atom is -0.329 e. The monoisotopic (exact) mass is 394 g/mol.